The normalized spacial score (nSPS) is 14.5. The molecule has 3 heterocycles. The van der Waals surface area contributed by atoms with Gasteiger partial charge in [-0.3, -0.25) is 4.68 Å². The largest absolute Gasteiger partial charge is 0.348 e. The van der Waals surface area contributed by atoms with E-state index in [1.54, 1.807) is 0 Å². The number of ether oxygens (including phenoxy) is 2. The van der Waals surface area contributed by atoms with Crippen LogP contribution >= 0.6 is 15.9 Å². The van der Waals surface area contributed by atoms with Crippen molar-refractivity contribution in [2.75, 3.05) is 18.5 Å². The quantitative estimate of drug-likeness (QED) is 0.485. The van der Waals surface area contributed by atoms with Crippen LogP contribution < -0.4 is 5.32 Å². The average Bonchev–Trinajstić information content (AvgIpc) is 3.40. The third-order valence-corrected chi connectivity index (χ3v) is 5.15. The van der Waals surface area contributed by atoms with E-state index in [0.717, 1.165) is 32.2 Å². The molecule has 0 spiro atoms. The van der Waals surface area contributed by atoms with Gasteiger partial charge in [-0.05, 0) is 35.9 Å². The van der Waals surface area contributed by atoms with Crippen LogP contribution in [-0.4, -0.2) is 39.3 Å². The minimum Gasteiger partial charge on any atom is -0.348 e. The molecule has 5 rings (SSSR count). The highest BCUT2D eigenvalue weighted by Crippen LogP contribution is 2.25. The zero-order chi connectivity index (χ0) is 19.6. The molecule has 4 aromatic rings. The summed E-state index contributed by atoms with van der Waals surface area (Å²) in [4.78, 5) is 9.07. The number of rotatable bonds is 5. The molecule has 8 heteroatoms. The molecule has 0 atom stereocenters. The second-order valence-electron chi connectivity index (χ2n) is 6.72. The number of hydrogen-bond donors (Lipinski definition) is 1. The maximum absolute atomic E-state index is 5.48. The number of halogens is 1. The summed E-state index contributed by atoms with van der Waals surface area (Å²) in [5.41, 5.74) is 3.90. The van der Waals surface area contributed by atoms with Gasteiger partial charge in [0.2, 0.25) is 5.95 Å². The van der Waals surface area contributed by atoms with Crippen molar-refractivity contribution >= 4 is 38.5 Å². The van der Waals surface area contributed by atoms with Crippen LogP contribution in [-0.2, 0) is 16.0 Å². The van der Waals surface area contributed by atoms with Gasteiger partial charge in [-0.1, -0.05) is 28.1 Å². The highest BCUT2D eigenvalue weighted by Gasteiger charge is 2.17. The van der Waals surface area contributed by atoms with E-state index in [-0.39, 0.29) is 6.29 Å². The topological polar surface area (TPSA) is 74.1 Å². The number of benzene rings is 2. The first kappa shape index (κ1) is 18.2. The molecule has 0 saturated carbocycles. The van der Waals surface area contributed by atoms with Gasteiger partial charge in [-0.25, -0.2) is 9.97 Å². The van der Waals surface area contributed by atoms with Crippen molar-refractivity contribution in [1.29, 1.82) is 0 Å². The van der Waals surface area contributed by atoms with Gasteiger partial charge in [0.25, 0.3) is 0 Å². The fraction of sp³-hybridized carbons (Fsp3) is 0.190. The molecule has 7 nitrogen and oxygen atoms in total. The zero-order valence-electron chi connectivity index (χ0n) is 15.5. The fourth-order valence-corrected chi connectivity index (χ4v) is 3.65. The lowest BCUT2D eigenvalue weighted by Crippen LogP contribution is -2.16. The van der Waals surface area contributed by atoms with E-state index in [1.165, 1.54) is 0 Å². The summed E-state index contributed by atoms with van der Waals surface area (Å²) in [6, 6.07) is 14.0. The van der Waals surface area contributed by atoms with E-state index >= 15 is 0 Å². The van der Waals surface area contributed by atoms with Crippen molar-refractivity contribution in [3.05, 3.63) is 65.5 Å². The molecule has 1 fully saturated rings. The van der Waals surface area contributed by atoms with Gasteiger partial charge in [-0.15, -0.1) is 0 Å². The molecule has 0 radical (unpaired) electrons. The van der Waals surface area contributed by atoms with Gasteiger partial charge < -0.3 is 14.8 Å². The minimum absolute atomic E-state index is 0.219. The molecule has 29 heavy (non-hydrogen) atoms. The van der Waals surface area contributed by atoms with Crippen molar-refractivity contribution in [1.82, 2.24) is 19.7 Å². The highest BCUT2D eigenvalue weighted by molar-refractivity contribution is 9.10. The van der Waals surface area contributed by atoms with Crippen LogP contribution in [0.15, 0.2) is 65.5 Å². The number of nitrogens with zero attached hydrogens (tertiary/aromatic N) is 4. The predicted molar refractivity (Wildman–Crippen MR) is 114 cm³/mol. The van der Waals surface area contributed by atoms with Crippen LogP contribution in [0, 0.1) is 0 Å². The molecule has 0 bridgehead atoms. The number of hydrogen-bond acceptors (Lipinski definition) is 6. The fourth-order valence-electron chi connectivity index (χ4n) is 3.25. The first-order valence-corrected chi connectivity index (χ1v) is 10.1. The Morgan fingerprint density at radius 1 is 1.07 bits per heavy atom. The lowest BCUT2D eigenvalue weighted by molar-refractivity contribution is -0.0545. The maximum Gasteiger partial charge on any atom is 0.227 e. The SMILES string of the molecule is Brc1cccc(Nc2ncc3cc(-c4cnn(CC5OCCO5)c4)ccc3n2)c1. The van der Waals surface area contributed by atoms with E-state index in [2.05, 4.69) is 42.4 Å². The first-order valence-electron chi connectivity index (χ1n) is 9.28. The van der Waals surface area contributed by atoms with Crippen LogP contribution in [0.25, 0.3) is 22.0 Å². The minimum atomic E-state index is -0.219. The Labute approximate surface area is 175 Å². The molecular weight excluding hydrogens is 434 g/mol. The molecule has 1 aliphatic heterocycles. The van der Waals surface area contributed by atoms with Gasteiger partial charge in [0, 0.05) is 33.5 Å². The van der Waals surface area contributed by atoms with Crippen LogP contribution in [0.1, 0.15) is 0 Å². The van der Waals surface area contributed by atoms with Gasteiger partial charge in [-0.2, -0.15) is 5.10 Å². The van der Waals surface area contributed by atoms with E-state index in [0.29, 0.717) is 25.7 Å². The second-order valence-corrected chi connectivity index (χ2v) is 7.64. The molecule has 0 amide bonds. The Bertz CT molecular complexity index is 1160. The van der Waals surface area contributed by atoms with Crippen LogP contribution in [0.4, 0.5) is 11.6 Å². The highest BCUT2D eigenvalue weighted by atomic mass is 79.9. The number of nitrogens with one attached hydrogen (secondary N) is 1. The standard InChI is InChI=1S/C21H18BrN5O2/c22-17-2-1-3-18(9-17)25-21-23-10-15-8-14(4-5-19(15)26-21)16-11-24-27(12-16)13-20-28-6-7-29-20/h1-5,8-12,20H,6-7,13H2,(H,23,25,26). The van der Waals surface area contributed by atoms with Crippen molar-refractivity contribution in [3.63, 3.8) is 0 Å². The van der Waals surface area contributed by atoms with Crippen molar-refractivity contribution in [3.8, 4) is 11.1 Å². The van der Waals surface area contributed by atoms with Crippen molar-refractivity contribution < 1.29 is 9.47 Å². The number of aromatic nitrogens is 4. The Kier molecular flexibility index (Phi) is 4.97. The summed E-state index contributed by atoms with van der Waals surface area (Å²) in [5.74, 6) is 0.563. The van der Waals surface area contributed by atoms with Gasteiger partial charge in [0.05, 0.1) is 31.5 Å². The van der Waals surface area contributed by atoms with E-state index < -0.39 is 0 Å². The van der Waals surface area contributed by atoms with Gasteiger partial charge >= 0.3 is 0 Å². The van der Waals surface area contributed by atoms with Gasteiger partial charge in [0.15, 0.2) is 6.29 Å². The predicted octanol–water partition coefficient (Wildman–Crippen LogP) is 4.37. The molecule has 1 N–H and O–H groups in total. The zero-order valence-corrected chi connectivity index (χ0v) is 17.0. The first-order chi connectivity index (χ1) is 14.2. The molecule has 1 aliphatic rings. The average molecular weight is 452 g/mol. The summed E-state index contributed by atoms with van der Waals surface area (Å²) in [5, 5.41) is 8.62. The summed E-state index contributed by atoms with van der Waals surface area (Å²) in [6.07, 6.45) is 5.46. The van der Waals surface area contributed by atoms with E-state index in [4.69, 9.17) is 9.47 Å². The third-order valence-electron chi connectivity index (χ3n) is 4.65. The molecule has 2 aromatic carbocycles. The van der Waals surface area contributed by atoms with E-state index in [9.17, 15) is 0 Å². The molecule has 2 aromatic heterocycles. The van der Waals surface area contributed by atoms with Crippen LogP contribution in [0.5, 0.6) is 0 Å². The Morgan fingerprint density at radius 2 is 1.97 bits per heavy atom. The van der Waals surface area contributed by atoms with Crippen molar-refractivity contribution in [2.24, 2.45) is 0 Å². The summed E-state index contributed by atoms with van der Waals surface area (Å²) in [7, 11) is 0. The monoisotopic (exact) mass is 451 g/mol. The summed E-state index contributed by atoms with van der Waals surface area (Å²) >= 11 is 3.47. The lowest BCUT2D eigenvalue weighted by Gasteiger charge is -2.08. The Hall–Kier alpha value is -2.81. The summed E-state index contributed by atoms with van der Waals surface area (Å²) in [6.45, 7) is 1.87. The molecule has 0 aliphatic carbocycles. The maximum atomic E-state index is 5.48. The van der Waals surface area contributed by atoms with Crippen molar-refractivity contribution in [2.45, 2.75) is 12.8 Å². The summed E-state index contributed by atoms with van der Waals surface area (Å²) < 4.78 is 13.8. The van der Waals surface area contributed by atoms with Crippen LogP contribution in [0.2, 0.25) is 0 Å². The molecule has 1 saturated heterocycles. The number of anilines is 2. The second kappa shape index (κ2) is 7.90. The smallest absolute Gasteiger partial charge is 0.227 e. The Morgan fingerprint density at radius 3 is 2.83 bits per heavy atom. The molecule has 0 unspecified atom stereocenters. The number of fused-ring (bicyclic) bond motifs is 1. The van der Waals surface area contributed by atoms with E-state index in [1.807, 2.05) is 59.7 Å². The van der Waals surface area contributed by atoms with Gasteiger partial charge in [0.1, 0.15) is 0 Å². The lowest BCUT2D eigenvalue weighted by atomic mass is 10.1. The third kappa shape index (κ3) is 4.14. The Balaban J connectivity index is 1.36. The molecule has 146 valence electrons. The van der Waals surface area contributed by atoms with Crippen LogP contribution in [0.3, 0.4) is 0 Å². The molecular formula is C21H18BrN5O2.